The van der Waals surface area contributed by atoms with Crippen molar-refractivity contribution in [3.8, 4) is 0 Å². The fourth-order valence-electron chi connectivity index (χ4n) is 2.09. The van der Waals surface area contributed by atoms with Crippen LogP contribution in [-0.4, -0.2) is 62.0 Å². The number of hydrogen-bond donors (Lipinski definition) is 1. The number of allylic oxidation sites excluding steroid dienone is 1. The molecule has 0 saturated carbocycles. The largest absolute Gasteiger partial charge is 0.514 e. The molecule has 0 spiro atoms. The zero-order valence-electron chi connectivity index (χ0n) is 17.7. The molecule has 9 heteroatoms. The second kappa shape index (κ2) is 12.2. The lowest BCUT2D eigenvalue weighted by Gasteiger charge is -2.35. The van der Waals surface area contributed by atoms with E-state index >= 15 is 0 Å². The topological polar surface area (TPSA) is 74.2 Å². The highest BCUT2D eigenvalue weighted by Gasteiger charge is 2.36. The van der Waals surface area contributed by atoms with Crippen LogP contribution in [0.2, 0.25) is 45.3 Å². The Balaban J connectivity index is 5.08. The highest BCUT2D eigenvalue weighted by molar-refractivity contribution is 6.72. The molecule has 0 aromatic carbocycles. The molecule has 0 fully saturated rings. The fourth-order valence-corrected chi connectivity index (χ4v) is 8.79. The van der Waals surface area contributed by atoms with Crippen molar-refractivity contribution in [1.29, 1.82) is 0 Å². The smallest absolute Gasteiger partial charge is 0.317 e. The monoisotopic (exact) mass is 422 g/mol. The van der Waals surface area contributed by atoms with Gasteiger partial charge in [-0.2, -0.15) is 0 Å². The summed E-state index contributed by atoms with van der Waals surface area (Å²) in [7, 11) is -5.85. The van der Waals surface area contributed by atoms with Gasteiger partial charge in [-0.1, -0.05) is 6.08 Å². The van der Waals surface area contributed by atoms with Crippen molar-refractivity contribution >= 4 is 31.6 Å². The van der Waals surface area contributed by atoms with E-state index in [1.807, 2.05) is 0 Å². The summed E-state index contributed by atoms with van der Waals surface area (Å²) in [4.78, 5) is 12.0. The summed E-state index contributed by atoms with van der Waals surface area (Å²) in [5.41, 5.74) is 0. The van der Waals surface area contributed by atoms with Gasteiger partial charge >= 0.3 is 5.97 Å². The maximum atomic E-state index is 12.0. The molecule has 0 rings (SSSR count). The van der Waals surface area contributed by atoms with Gasteiger partial charge in [0.25, 0.3) is 9.04 Å². The van der Waals surface area contributed by atoms with E-state index in [2.05, 4.69) is 39.3 Å². The van der Waals surface area contributed by atoms with Crippen LogP contribution in [0.1, 0.15) is 20.3 Å². The molecule has 154 valence electrons. The van der Waals surface area contributed by atoms with Crippen LogP contribution in [0.5, 0.6) is 0 Å². The first kappa shape index (κ1) is 25.7. The number of ether oxygens (including phenoxy) is 1. The van der Waals surface area contributed by atoms with Gasteiger partial charge in [-0.3, -0.25) is 0 Å². The Kier molecular flexibility index (Phi) is 12.1. The van der Waals surface area contributed by atoms with Crippen LogP contribution < -0.4 is 0 Å². The van der Waals surface area contributed by atoms with E-state index in [0.717, 1.165) is 6.42 Å². The molecule has 0 saturated heterocycles. The Hall–Kier alpha value is -0.299. The Morgan fingerprint density at radius 3 is 2.08 bits per heavy atom. The van der Waals surface area contributed by atoms with E-state index in [0.29, 0.717) is 19.3 Å². The third-order valence-corrected chi connectivity index (χ3v) is 7.76. The molecule has 0 aliphatic heterocycles. The number of aliphatic hydroxyl groups is 1. The average Bonchev–Trinajstić information content (AvgIpc) is 2.41. The summed E-state index contributed by atoms with van der Waals surface area (Å²) in [6.07, 6.45) is 3.37. The molecule has 0 heterocycles. The van der Waals surface area contributed by atoms with Crippen molar-refractivity contribution in [2.24, 2.45) is 0 Å². The standard InChI is InChI=1S/C17H38O6Si3/c1-9-11-16(19)21-24(13-10-12-20-14-15(2)18)17(22-25(3,4)5)23-26(6,7)8/h9,11,15,17-18,24H,10,12-14H2,1-8H3. The molecule has 1 N–H and O–H groups in total. The van der Waals surface area contributed by atoms with Crippen molar-refractivity contribution in [3.63, 3.8) is 0 Å². The van der Waals surface area contributed by atoms with Gasteiger partial charge < -0.3 is 23.1 Å². The van der Waals surface area contributed by atoms with Gasteiger partial charge in [-0.25, -0.2) is 4.79 Å². The van der Waals surface area contributed by atoms with Crippen LogP contribution >= 0.6 is 0 Å². The van der Waals surface area contributed by atoms with Crippen LogP contribution in [0.4, 0.5) is 0 Å². The average molecular weight is 423 g/mol. The number of rotatable bonds is 13. The third-order valence-electron chi connectivity index (χ3n) is 2.95. The van der Waals surface area contributed by atoms with Gasteiger partial charge in [0.15, 0.2) is 22.5 Å². The van der Waals surface area contributed by atoms with Gasteiger partial charge in [0.2, 0.25) is 0 Å². The number of hydrogen-bond acceptors (Lipinski definition) is 6. The summed E-state index contributed by atoms with van der Waals surface area (Å²) < 4.78 is 23.8. The first-order valence-electron chi connectivity index (χ1n) is 9.29. The van der Waals surface area contributed by atoms with E-state index in [4.69, 9.17) is 18.0 Å². The summed E-state index contributed by atoms with van der Waals surface area (Å²) >= 11 is 0. The van der Waals surface area contributed by atoms with E-state index < -0.39 is 37.7 Å². The lowest BCUT2D eigenvalue weighted by Crippen LogP contribution is -2.50. The SMILES string of the molecule is CC=CC(=O)O[SiH](CCCOCC(C)O)C(O[Si](C)(C)C)O[Si](C)(C)C. The molecule has 2 atom stereocenters. The summed E-state index contributed by atoms with van der Waals surface area (Å²) in [6.45, 7) is 17.0. The molecule has 0 aromatic rings. The minimum Gasteiger partial charge on any atom is -0.514 e. The van der Waals surface area contributed by atoms with Gasteiger partial charge in [0.05, 0.1) is 12.7 Å². The van der Waals surface area contributed by atoms with E-state index in [1.165, 1.54) is 6.08 Å². The first-order valence-corrected chi connectivity index (χ1v) is 18.1. The molecule has 0 aromatic heterocycles. The van der Waals surface area contributed by atoms with Crippen LogP contribution in [0.15, 0.2) is 12.2 Å². The Labute approximate surface area is 162 Å². The van der Waals surface area contributed by atoms with Crippen LogP contribution in [0.3, 0.4) is 0 Å². The first-order chi connectivity index (χ1) is 11.8. The summed E-state index contributed by atoms with van der Waals surface area (Å²) in [5, 5.41) is 9.26. The van der Waals surface area contributed by atoms with Crippen molar-refractivity contribution in [2.45, 2.75) is 77.6 Å². The molecule has 0 amide bonds. The normalized spacial score (nSPS) is 15.5. The number of aliphatic hydroxyl groups excluding tert-OH is 1. The minimum absolute atomic E-state index is 0.310. The van der Waals surface area contributed by atoms with E-state index in [9.17, 15) is 9.90 Å². The highest BCUT2D eigenvalue weighted by Crippen LogP contribution is 2.20. The fraction of sp³-hybridized carbons (Fsp3) is 0.824. The van der Waals surface area contributed by atoms with E-state index in [-0.39, 0.29) is 5.97 Å². The van der Waals surface area contributed by atoms with Gasteiger partial charge in [0, 0.05) is 12.7 Å². The molecule has 2 unspecified atom stereocenters. The van der Waals surface area contributed by atoms with Gasteiger partial charge in [-0.05, 0) is 65.6 Å². The molecule has 0 bridgehead atoms. The molecule has 6 nitrogen and oxygen atoms in total. The van der Waals surface area contributed by atoms with Crippen molar-refractivity contribution < 1.29 is 27.9 Å². The van der Waals surface area contributed by atoms with Gasteiger partial charge in [-0.15, -0.1) is 0 Å². The number of carbonyl (C=O) groups is 1. The summed E-state index contributed by atoms with van der Waals surface area (Å²) in [6, 6.07) is 0.711. The predicted octanol–water partition coefficient (Wildman–Crippen LogP) is 3.19. The summed E-state index contributed by atoms with van der Waals surface area (Å²) in [5.74, 6) is -0.767. The van der Waals surface area contributed by atoms with Crippen LogP contribution in [-0.2, 0) is 22.8 Å². The van der Waals surface area contributed by atoms with Crippen LogP contribution in [0.25, 0.3) is 0 Å². The number of carbonyl (C=O) groups excluding carboxylic acids is 1. The highest BCUT2D eigenvalue weighted by atomic mass is 28.4. The molecule has 0 aliphatic carbocycles. The zero-order valence-corrected chi connectivity index (χ0v) is 20.9. The molecular formula is C17H38O6Si3. The third kappa shape index (κ3) is 14.8. The predicted molar refractivity (Wildman–Crippen MR) is 113 cm³/mol. The quantitative estimate of drug-likeness (QED) is 0.213. The minimum atomic E-state index is -2.12. The van der Waals surface area contributed by atoms with Crippen molar-refractivity contribution in [2.75, 3.05) is 13.2 Å². The Morgan fingerprint density at radius 1 is 1.12 bits per heavy atom. The van der Waals surface area contributed by atoms with Crippen molar-refractivity contribution in [3.05, 3.63) is 12.2 Å². The molecule has 0 aliphatic rings. The second-order valence-electron chi connectivity index (χ2n) is 8.37. The molecular weight excluding hydrogens is 384 g/mol. The lowest BCUT2D eigenvalue weighted by molar-refractivity contribution is -0.130. The molecule has 0 radical (unpaired) electrons. The second-order valence-corrected chi connectivity index (χ2v) is 19.7. The maximum Gasteiger partial charge on any atom is 0.317 e. The molecule has 26 heavy (non-hydrogen) atoms. The van der Waals surface area contributed by atoms with Gasteiger partial charge in [0.1, 0.15) is 0 Å². The Morgan fingerprint density at radius 2 is 1.65 bits per heavy atom. The lowest BCUT2D eigenvalue weighted by atomic mass is 10.4. The zero-order chi connectivity index (χ0) is 20.4. The van der Waals surface area contributed by atoms with E-state index in [1.54, 1.807) is 19.9 Å². The van der Waals surface area contributed by atoms with Crippen LogP contribution in [0, 0.1) is 0 Å². The Bertz CT molecular complexity index is 413. The maximum absolute atomic E-state index is 12.0. The van der Waals surface area contributed by atoms with Crippen molar-refractivity contribution in [1.82, 2.24) is 0 Å².